The molecule has 1 aromatic heterocycles. The molecule has 34 heavy (non-hydrogen) atoms. The number of aryl methyl sites for hydroxylation is 1. The third kappa shape index (κ3) is 3.99. The fourth-order valence-electron chi connectivity index (χ4n) is 4.47. The number of pyridine rings is 1. The number of phenols is 2. The smallest absolute Gasteiger partial charge is 0.262 e. The summed E-state index contributed by atoms with van der Waals surface area (Å²) in [6.45, 7) is 2.00. The van der Waals surface area contributed by atoms with E-state index in [0.29, 0.717) is 5.02 Å². The molecular weight excluding hydrogens is 448 g/mol. The van der Waals surface area contributed by atoms with Crippen LogP contribution in [0.1, 0.15) is 29.3 Å². The fourth-order valence-corrected chi connectivity index (χ4v) is 4.72. The van der Waals surface area contributed by atoms with Gasteiger partial charge in [0.25, 0.3) is 5.91 Å². The average Bonchev–Trinajstić information content (AvgIpc) is 2.84. The number of aromatic hydroxyl groups is 2. The van der Waals surface area contributed by atoms with Crippen molar-refractivity contribution in [2.24, 2.45) is 0 Å². The van der Waals surface area contributed by atoms with E-state index in [0.717, 1.165) is 46.5 Å². The molecule has 0 saturated carbocycles. The normalized spacial score (nSPS) is 15.1. The quantitative estimate of drug-likeness (QED) is 0.360. The number of hydrogen-bond donors (Lipinski definition) is 2. The van der Waals surface area contributed by atoms with Crippen LogP contribution in [0.15, 0.2) is 79.0 Å². The highest BCUT2D eigenvalue weighted by atomic mass is 35.5. The van der Waals surface area contributed by atoms with Crippen molar-refractivity contribution in [2.75, 3.05) is 4.90 Å². The van der Waals surface area contributed by atoms with E-state index in [9.17, 15) is 15.0 Å². The van der Waals surface area contributed by atoms with Gasteiger partial charge >= 0.3 is 0 Å². The van der Waals surface area contributed by atoms with Crippen LogP contribution in [0.4, 0.5) is 5.69 Å². The van der Waals surface area contributed by atoms with E-state index >= 15 is 0 Å². The van der Waals surface area contributed by atoms with Gasteiger partial charge in [0.15, 0.2) is 0 Å². The second-order valence-electron chi connectivity index (χ2n) is 8.52. The lowest BCUT2D eigenvalue weighted by molar-refractivity contribution is 0.0972. The van der Waals surface area contributed by atoms with Crippen molar-refractivity contribution in [1.82, 2.24) is 4.98 Å². The van der Waals surface area contributed by atoms with E-state index in [-0.39, 0.29) is 29.0 Å². The highest BCUT2D eigenvalue weighted by Gasteiger charge is 2.30. The van der Waals surface area contributed by atoms with Gasteiger partial charge in [-0.3, -0.25) is 9.78 Å². The van der Waals surface area contributed by atoms with Gasteiger partial charge in [0.05, 0.1) is 11.3 Å². The molecule has 1 aliphatic heterocycles. The Labute approximate surface area is 202 Å². The average molecular weight is 471 g/mol. The van der Waals surface area contributed by atoms with Crippen LogP contribution < -0.4 is 4.90 Å². The number of halogens is 1. The zero-order chi connectivity index (χ0) is 23.8. The van der Waals surface area contributed by atoms with Gasteiger partial charge in [-0.25, -0.2) is 0 Å². The first-order valence-corrected chi connectivity index (χ1v) is 11.5. The summed E-state index contributed by atoms with van der Waals surface area (Å²) in [5.41, 5.74) is 5.75. The number of hydrogen-bond acceptors (Lipinski definition) is 4. The van der Waals surface area contributed by atoms with E-state index in [2.05, 4.69) is 11.1 Å². The molecule has 1 aliphatic rings. The molecule has 3 aromatic carbocycles. The Kier molecular flexibility index (Phi) is 5.72. The largest absolute Gasteiger partial charge is 0.508 e. The first kappa shape index (κ1) is 22.0. The molecule has 0 unspecified atom stereocenters. The number of anilines is 1. The molecule has 1 amide bonds. The molecule has 2 N–H and O–H groups in total. The minimum atomic E-state index is -0.291. The van der Waals surface area contributed by atoms with Crippen molar-refractivity contribution in [1.29, 1.82) is 0 Å². The van der Waals surface area contributed by atoms with E-state index in [1.54, 1.807) is 4.90 Å². The molecule has 0 aliphatic carbocycles. The molecule has 0 spiro atoms. The zero-order valence-corrected chi connectivity index (χ0v) is 19.3. The number of carbonyl (C=O) groups excluding carboxylic acids is 1. The van der Waals surface area contributed by atoms with E-state index in [1.165, 1.54) is 18.2 Å². The van der Waals surface area contributed by atoms with Gasteiger partial charge in [0, 0.05) is 45.7 Å². The maximum atomic E-state index is 13.3. The Balaban J connectivity index is 1.47. The minimum Gasteiger partial charge on any atom is -0.508 e. The van der Waals surface area contributed by atoms with Crippen LogP contribution in [-0.4, -0.2) is 27.1 Å². The summed E-state index contributed by atoms with van der Waals surface area (Å²) in [7, 11) is 0. The maximum Gasteiger partial charge on any atom is 0.262 e. The number of benzene rings is 3. The lowest BCUT2D eigenvalue weighted by atomic mass is 9.93. The van der Waals surface area contributed by atoms with Crippen molar-refractivity contribution in [3.8, 4) is 33.9 Å². The van der Waals surface area contributed by atoms with Crippen LogP contribution in [0, 0.1) is 0 Å². The Morgan fingerprint density at radius 3 is 2.53 bits per heavy atom. The van der Waals surface area contributed by atoms with E-state index < -0.39 is 0 Å². The standard InChI is InChI=1S/C28H23ClN2O3/c1-17-6-7-19-14-18(25-12-8-20(16-30-25)22-4-2-3-5-24(22)29)9-13-26(19)31(17)28(34)23-11-10-21(32)15-27(23)33/h2-5,8-17,32-33H,6-7H2,1H3/t17-/m0/s1. The number of phenolic OH excluding ortho intramolecular Hbond substituents is 2. The Hall–Kier alpha value is -3.83. The number of fused-ring (bicyclic) bond motifs is 1. The van der Waals surface area contributed by atoms with Gasteiger partial charge in [-0.2, -0.15) is 0 Å². The van der Waals surface area contributed by atoms with Crippen LogP contribution in [0.25, 0.3) is 22.4 Å². The number of carbonyl (C=O) groups is 1. The van der Waals surface area contributed by atoms with E-state index in [4.69, 9.17) is 11.6 Å². The van der Waals surface area contributed by atoms with Gasteiger partial charge in [0.2, 0.25) is 0 Å². The van der Waals surface area contributed by atoms with Crippen LogP contribution in [-0.2, 0) is 6.42 Å². The molecule has 2 heterocycles. The summed E-state index contributed by atoms with van der Waals surface area (Å²) in [6, 6.07) is 21.7. The predicted molar refractivity (Wildman–Crippen MR) is 134 cm³/mol. The Bertz CT molecular complexity index is 1390. The van der Waals surface area contributed by atoms with Crippen LogP contribution in [0.5, 0.6) is 11.5 Å². The van der Waals surface area contributed by atoms with Crippen molar-refractivity contribution in [3.05, 3.63) is 95.1 Å². The maximum absolute atomic E-state index is 13.3. The zero-order valence-electron chi connectivity index (χ0n) is 18.6. The summed E-state index contributed by atoms with van der Waals surface area (Å²) in [5.74, 6) is -0.608. The lowest BCUT2D eigenvalue weighted by Gasteiger charge is -2.35. The third-order valence-corrected chi connectivity index (χ3v) is 6.62. The van der Waals surface area contributed by atoms with Gasteiger partial charge in [-0.1, -0.05) is 41.9 Å². The molecule has 0 bridgehead atoms. The summed E-state index contributed by atoms with van der Waals surface area (Å²) >= 11 is 6.32. The highest BCUT2D eigenvalue weighted by molar-refractivity contribution is 6.33. The number of amides is 1. The first-order valence-electron chi connectivity index (χ1n) is 11.1. The lowest BCUT2D eigenvalue weighted by Crippen LogP contribution is -2.42. The van der Waals surface area contributed by atoms with Gasteiger partial charge < -0.3 is 15.1 Å². The number of rotatable bonds is 3. The molecular formula is C28H23ClN2O3. The van der Waals surface area contributed by atoms with E-state index in [1.807, 2.05) is 61.7 Å². The number of aromatic nitrogens is 1. The first-order chi connectivity index (χ1) is 16.4. The molecule has 4 aromatic rings. The SMILES string of the molecule is C[C@H]1CCc2cc(-c3ccc(-c4ccccc4Cl)cn3)ccc2N1C(=O)c1ccc(O)cc1O. The van der Waals surface area contributed by atoms with Gasteiger partial charge in [0.1, 0.15) is 11.5 Å². The van der Waals surface area contributed by atoms with Crippen molar-refractivity contribution >= 4 is 23.2 Å². The van der Waals surface area contributed by atoms with Crippen LogP contribution >= 0.6 is 11.6 Å². The fraction of sp³-hybridized carbons (Fsp3) is 0.143. The molecule has 5 nitrogen and oxygen atoms in total. The molecule has 0 fully saturated rings. The van der Waals surface area contributed by atoms with Crippen LogP contribution in [0.3, 0.4) is 0 Å². The number of nitrogens with zero attached hydrogens (tertiary/aromatic N) is 2. The molecule has 170 valence electrons. The second kappa shape index (κ2) is 8.84. The predicted octanol–water partition coefficient (Wildman–Crippen LogP) is 6.46. The molecule has 5 rings (SSSR count). The Morgan fingerprint density at radius 1 is 1.00 bits per heavy atom. The van der Waals surface area contributed by atoms with Crippen molar-refractivity contribution in [3.63, 3.8) is 0 Å². The third-order valence-electron chi connectivity index (χ3n) is 6.29. The Morgan fingerprint density at radius 2 is 1.79 bits per heavy atom. The molecule has 6 heteroatoms. The topological polar surface area (TPSA) is 73.7 Å². The van der Waals surface area contributed by atoms with Crippen molar-refractivity contribution in [2.45, 2.75) is 25.8 Å². The summed E-state index contributed by atoms with van der Waals surface area (Å²) in [4.78, 5) is 19.7. The van der Waals surface area contributed by atoms with Gasteiger partial charge in [-0.05, 0) is 61.7 Å². The molecule has 0 saturated heterocycles. The highest BCUT2D eigenvalue weighted by Crippen LogP contribution is 2.36. The summed E-state index contributed by atoms with van der Waals surface area (Å²) in [6.07, 6.45) is 3.47. The summed E-state index contributed by atoms with van der Waals surface area (Å²) in [5, 5.41) is 20.5. The van der Waals surface area contributed by atoms with Gasteiger partial charge in [-0.15, -0.1) is 0 Å². The van der Waals surface area contributed by atoms with Crippen LogP contribution in [0.2, 0.25) is 5.02 Å². The summed E-state index contributed by atoms with van der Waals surface area (Å²) < 4.78 is 0. The molecule has 1 atom stereocenters. The minimum absolute atomic E-state index is 0.0212. The second-order valence-corrected chi connectivity index (χ2v) is 8.93. The monoisotopic (exact) mass is 470 g/mol. The van der Waals surface area contributed by atoms with Crippen molar-refractivity contribution < 1.29 is 15.0 Å². The molecule has 0 radical (unpaired) electrons.